The largest absolute Gasteiger partial charge is 0.409 e. The summed E-state index contributed by atoms with van der Waals surface area (Å²) >= 11 is 0. The van der Waals surface area contributed by atoms with Gasteiger partial charge < -0.3 is 10.9 Å². The molecule has 0 radical (unpaired) electrons. The van der Waals surface area contributed by atoms with Crippen molar-refractivity contribution in [1.29, 1.82) is 0 Å². The number of nitrogens with zero attached hydrogens (tertiary/aromatic N) is 4. The third-order valence-corrected chi connectivity index (χ3v) is 2.22. The van der Waals surface area contributed by atoms with Crippen LogP contribution in [0.2, 0.25) is 0 Å². The maximum absolute atomic E-state index is 8.74. The molecular weight excluding hydrogens is 206 g/mol. The van der Waals surface area contributed by atoms with E-state index in [1.807, 2.05) is 6.92 Å². The molecule has 0 saturated heterocycles. The number of aryl methyl sites for hydroxylation is 1. The molecule has 2 aromatic rings. The summed E-state index contributed by atoms with van der Waals surface area (Å²) in [4.78, 5) is 4.18. The fourth-order valence-corrected chi connectivity index (χ4v) is 1.48. The Morgan fingerprint density at radius 1 is 1.50 bits per heavy atom. The van der Waals surface area contributed by atoms with Crippen molar-refractivity contribution < 1.29 is 5.21 Å². The number of nitrogens with two attached hydrogens (primary N) is 1. The number of pyridine rings is 1. The van der Waals surface area contributed by atoms with Crippen LogP contribution in [0.25, 0.3) is 5.82 Å². The van der Waals surface area contributed by atoms with Gasteiger partial charge in [0.15, 0.2) is 11.7 Å². The van der Waals surface area contributed by atoms with Gasteiger partial charge in [-0.05, 0) is 24.6 Å². The van der Waals surface area contributed by atoms with Crippen molar-refractivity contribution in [3.8, 4) is 5.82 Å². The van der Waals surface area contributed by atoms with Crippen molar-refractivity contribution in [3.63, 3.8) is 0 Å². The van der Waals surface area contributed by atoms with Gasteiger partial charge in [0.2, 0.25) is 0 Å². The Bertz CT molecular complexity index is 518. The van der Waals surface area contributed by atoms with Gasteiger partial charge in [0, 0.05) is 18.6 Å². The van der Waals surface area contributed by atoms with Crippen LogP contribution in [0.5, 0.6) is 0 Å². The summed E-state index contributed by atoms with van der Waals surface area (Å²) < 4.78 is 1.57. The van der Waals surface area contributed by atoms with Gasteiger partial charge in [-0.15, -0.1) is 0 Å². The fourth-order valence-electron chi connectivity index (χ4n) is 1.48. The second-order valence-corrected chi connectivity index (χ2v) is 3.26. The van der Waals surface area contributed by atoms with Crippen molar-refractivity contribution in [2.24, 2.45) is 10.9 Å². The van der Waals surface area contributed by atoms with E-state index in [0.717, 1.165) is 5.56 Å². The minimum Gasteiger partial charge on any atom is -0.409 e. The van der Waals surface area contributed by atoms with Crippen molar-refractivity contribution in [2.45, 2.75) is 6.92 Å². The molecule has 0 unspecified atom stereocenters. The number of oxime groups is 1. The highest BCUT2D eigenvalue weighted by atomic mass is 16.4. The molecule has 0 aromatic carbocycles. The van der Waals surface area contributed by atoms with Crippen molar-refractivity contribution in [2.75, 3.05) is 0 Å². The molecule has 16 heavy (non-hydrogen) atoms. The summed E-state index contributed by atoms with van der Waals surface area (Å²) in [6.07, 6.45) is 5.04. The van der Waals surface area contributed by atoms with Crippen molar-refractivity contribution >= 4 is 5.84 Å². The van der Waals surface area contributed by atoms with Crippen molar-refractivity contribution in [1.82, 2.24) is 14.8 Å². The zero-order valence-corrected chi connectivity index (χ0v) is 8.70. The Balaban J connectivity index is 2.67. The zero-order valence-electron chi connectivity index (χ0n) is 8.70. The first kappa shape index (κ1) is 10.2. The predicted octanol–water partition coefficient (Wildman–Crippen LogP) is 0.670. The molecule has 0 bridgehead atoms. The Morgan fingerprint density at radius 3 is 2.94 bits per heavy atom. The predicted molar refractivity (Wildman–Crippen MR) is 58.6 cm³/mol. The quantitative estimate of drug-likeness (QED) is 0.335. The Kier molecular flexibility index (Phi) is 2.55. The summed E-state index contributed by atoms with van der Waals surface area (Å²) in [5, 5.41) is 15.8. The number of rotatable bonds is 2. The second-order valence-electron chi connectivity index (χ2n) is 3.26. The lowest BCUT2D eigenvalue weighted by Crippen LogP contribution is -2.19. The molecule has 0 spiro atoms. The Morgan fingerprint density at radius 2 is 2.31 bits per heavy atom. The van der Waals surface area contributed by atoms with Gasteiger partial charge in [-0.2, -0.15) is 5.10 Å². The summed E-state index contributed by atoms with van der Waals surface area (Å²) in [6, 6.07) is 3.57. The van der Waals surface area contributed by atoms with Gasteiger partial charge in [-0.3, -0.25) is 0 Å². The highest BCUT2D eigenvalue weighted by Crippen LogP contribution is 2.14. The first-order chi connectivity index (χ1) is 7.74. The number of hydrogen-bond acceptors (Lipinski definition) is 4. The van der Waals surface area contributed by atoms with Gasteiger partial charge >= 0.3 is 0 Å². The number of amidine groups is 1. The van der Waals surface area contributed by atoms with Crippen LogP contribution < -0.4 is 5.73 Å². The SMILES string of the molecule is Cc1ccnc(-n2cccn2)c1/C(N)=N/O. The average Bonchev–Trinajstić information content (AvgIpc) is 2.81. The van der Waals surface area contributed by atoms with E-state index in [0.29, 0.717) is 11.4 Å². The molecule has 2 aromatic heterocycles. The molecule has 3 N–H and O–H groups in total. The maximum Gasteiger partial charge on any atom is 0.174 e. The molecule has 0 amide bonds. The normalized spacial score (nSPS) is 11.7. The molecule has 82 valence electrons. The maximum atomic E-state index is 8.74. The third-order valence-electron chi connectivity index (χ3n) is 2.22. The first-order valence-electron chi connectivity index (χ1n) is 4.67. The van der Waals surface area contributed by atoms with Crippen LogP contribution >= 0.6 is 0 Å². The molecule has 0 saturated carbocycles. The minimum absolute atomic E-state index is 0.0242. The van der Waals surface area contributed by atoms with E-state index in [1.165, 1.54) is 0 Å². The van der Waals surface area contributed by atoms with Crippen molar-refractivity contribution in [3.05, 3.63) is 41.9 Å². The lowest BCUT2D eigenvalue weighted by atomic mass is 10.1. The molecule has 6 heteroatoms. The highest BCUT2D eigenvalue weighted by molar-refractivity contribution is 6.01. The molecule has 2 heterocycles. The molecule has 0 aliphatic heterocycles. The molecule has 0 aliphatic rings. The second kappa shape index (κ2) is 4.01. The van der Waals surface area contributed by atoms with Gasteiger partial charge in [-0.25, -0.2) is 9.67 Å². The summed E-state index contributed by atoms with van der Waals surface area (Å²) in [7, 11) is 0. The van der Waals surface area contributed by atoms with E-state index in [9.17, 15) is 0 Å². The summed E-state index contributed by atoms with van der Waals surface area (Å²) in [5.74, 6) is 0.566. The van der Waals surface area contributed by atoms with Crippen LogP contribution in [0, 0.1) is 6.92 Å². The van der Waals surface area contributed by atoms with E-state index >= 15 is 0 Å². The van der Waals surface area contributed by atoms with E-state index in [1.54, 1.807) is 35.4 Å². The van der Waals surface area contributed by atoms with Crippen LogP contribution in [-0.4, -0.2) is 25.8 Å². The van der Waals surface area contributed by atoms with Crippen LogP contribution in [-0.2, 0) is 0 Å². The minimum atomic E-state index is 0.0242. The van der Waals surface area contributed by atoms with Gasteiger partial charge in [0.25, 0.3) is 0 Å². The Hall–Kier alpha value is -2.37. The molecule has 0 atom stereocenters. The van der Waals surface area contributed by atoms with E-state index in [-0.39, 0.29) is 5.84 Å². The third kappa shape index (κ3) is 1.60. The molecule has 0 fully saturated rings. The summed E-state index contributed by atoms with van der Waals surface area (Å²) in [6.45, 7) is 1.86. The standard InChI is InChI=1S/C10H11N5O/c1-7-3-5-12-10(8(7)9(11)14-16)15-6-2-4-13-15/h2-6,16H,1H3,(H2,11,14). The molecule has 0 aliphatic carbocycles. The van der Waals surface area contributed by atoms with Gasteiger partial charge in [0.05, 0.1) is 5.56 Å². The molecule has 6 nitrogen and oxygen atoms in total. The zero-order chi connectivity index (χ0) is 11.5. The first-order valence-corrected chi connectivity index (χ1v) is 4.67. The van der Waals surface area contributed by atoms with E-state index < -0.39 is 0 Å². The van der Waals surface area contributed by atoms with Crippen LogP contribution in [0.15, 0.2) is 35.9 Å². The lowest BCUT2D eigenvalue weighted by Gasteiger charge is -2.09. The van der Waals surface area contributed by atoms with E-state index in [2.05, 4.69) is 15.2 Å². The fraction of sp³-hybridized carbons (Fsp3) is 0.100. The molecule has 2 rings (SSSR count). The Labute approximate surface area is 92.0 Å². The topological polar surface area (TPSA) is 89.3 Å². The monoisotopic (exact) mass is 217 g/mol. The van der Waals surface area contributed by atoms with Crippen LogP contribution in [0.1, 0.15) is 11.1 Å². The summed E-state index contributed by atoms with van der Waals surface area (Å²) in [5.41, 5.74) is 7.07. The molecular formula is C10H11N5O. The van der Waals surface area contributed by atoms with Crippen LogP contribution in [0.4, 0.5) is 0 Å². The van der Waals surface area contributed by atoms with Gasteiger partial charge in [-0.1, -0.05) is 5.16 Å². The van der Waals surface area contributed by atoms with Gasteiger partial charge in [0.1, 0.15) is 0 Å². The van der Waals surface area contributed by atoms with Crippen LogP contribution in [0.3, 0.4) is 0 Å². The number of hydrogen-bond donors (Lipinski definition) is 2. The average molecular weight is 217 g/mol. The lowest BCUT2D eigenvalue weighted by molar-refractivity contribution is 0.318. The highest BCUT2D eigenvalue weighted by Gasteiger charge is 2.13. The number of aromatic nitrogens is 3. The smallest absolute Gasteiger partial charge is 0.174 e. The van der Waals surface area contributed by atoms with E-state index in [4.69, 9.17) is 10.9 Å².